The van der Waals surface area contributed by atoms with Gasteiger partial charge in [-0.3, -0.25) is 9.59 Å². The molecule has 164 valence electrons. The highest BCUT2D eigenvalue weighted by atomic mass is 16.6. The summed E-state index contributed by atoms with van der Waals surface area (Å²) in [7, 11) is 0. The molecule has 32 heavy (non-hydrogen) atoms. The third-order valence-corrected chi connectivity index (χ3v) is 6.16. The van der Waals surface area contributed by atoms with Crippen LogP contribution >= 0.6 is 0 Å². The van der Waals surface area contributed by atoms with Gasteiger partial charge in [-0.15, -0.1) is 0 Å². The normalized spacial score (nSPS) is 20.8. The van der Waals surface area contributed by atoms with Crippen molar-refractivity contribution >= 4 is 28.8 Å². The summed E-state index contributed by atoms with van der Waals surface area (Å²) >= 11 is 0. The van der Waals surface area contributed by atoms with Gasteiger partial charge in [-0.05, 0) is 30.7 Å². The largest absolute Gasteiger partial charge is 0.415 e. The number of carbonyl (C=O) groups excluding carboxylic acids is 3. The number of ether oxygens (including phenoxy) is 1. The van der Waals surface area contributed by atoms with Gasteiger partial charge in [-0.2, -0.15) is 0 Å². The molecule has 3 heterocycles. The van der Waals surface area contributed by atoms with Crippen molar-refractivity contribution < 1.29 is 19.1 Å². The number of hydrogen-bond acceptors (Lipinski definition) is 4. The van der Waals surface area contributed by atoms with Crippen molar-refractivity contribution in [2.75, 3.05) is 19.6 Å². The van der Waals surface area contributed by atoms with Crippen molar-refractivity contribution in [1.29, 1.82) is 0 Å². The first kappa shape index (κ1) is 20.1. The zero-order chi connectivity index (χ0) is 22.2. The maximum atomic E-state index is 13.1. The van der Waals surface area contributed by atoms with Crippen molar-refractivity contribution in [3.05, 3.63) is 65.9 Å². The first-order valence-electron chi connectivity index (χ1n) is 10.7. The third-order valence-electron chi connectivity index (χ3n) is 6.16. The number of aryl methyl sites for hydroxylation is 1. The number of rotatable bonds is 3. The number of fused-ring (bicyclic) bond motifs is 2. The van der Waals surface area contributed by atoms with Crippen LogP contribution in [0, 0.1) is 6.92 Å². The minimum absolute atomic E-state index is 0.113. The van der Waals surface area contributed by atoms with E-state index in [1.165, 1.54) is 4.90 Å². The number of benzene rings is 2. The second kappa shape index (κ2) is 8.03. The van der Waals surface area contributed by atoms with Crippen LogP contribution in [0.25, 0.3) is 10.9 Å². The molecule has 0 unspecified atom stereocenters. The molecule has 2 aliphatic heterocycles. The number of aromatic amines is 1. The Morgan fingerprint density at radius 3 is 2.69 bits per heavy atom. The smallest absolute Gasteiger partial charge is 0.410 e. The van der Waals surface area contributed by atoms with Crippen molar-refractivity contribution in [1.82, 2.24) is 20.1 Å². The van der Waals surface area contributed by atoms with Gasteiger partial charge >= 0.3 is 6.09 Å². The van der Waals surface area contributed by atoms with E-state index >= 15 is 0 Å². The van der Waals surface area contributed by atoms with E-state index in [9.17, 15) is 14.4 Å². The van der Waals surface area contributed by atoms with Crippen LogP contribution in [0.2, 0.25) is 0 Å². The SMILES string of the molecule is Cc1ccc(OC(=O)N2CCN3C(=O)[C@H](Cc4c[nH]c5ccccc45)NC(=O)[C@H]3C2)cc1. The standard InChI is InChI=1S/C24H24N4O4/c1-15-6-8-17(9-7-15)32-24(31)27-10-11-28-21(14-27)22(29)26-20(23(28)30)12-16-13-25-19-5-3-2-4-18(16)19/h2-9,13,20-21,25H,10-12,14H2,1H3,(H,26,29)/t20-,21+/m0/s1. The lowest BCUT2D eigenvalue weighted by Gasteiger charge is -2.44. The number of hydrogen-bond donors (Lipinski definition) is 2. The first-order valence-corrected chi connectivity index (χ1v) is 10.7. The fraction of sp³-hybridized carbons (Fsp3) is 0.292. The van der Waals surface area contributed by atoms with Crippen molar-refractivity contribution in [2.45, 2.75) is 25.4 Å². The Kier molecular flexibility index (Phi) is 5.05. The molecule has 8 heteroatoms. The van der Waals surface area contributed by atoms with Gasteiger partial charge in [0.15, 0.2) is 0 Å². The van der Waals surface area contributed by atoms with Gasteiger partial charge in [0, 0.05) is 36.6 Å². The summed E-state index contributed by atoms with van der Waals surface area (Å²) in [6.07, 6.45) is 1.78. The highest BCUT2D eigenvalue weighted by Gasteiger charge is 2.44. The van der Waals surface area contributed by atoms with Crippen LogP contribution < -0.4 is 10.1 Å². The molecule has 5 rings (SSSR count). The summed E-state index contributed by atoms with van der Waals surface area (Å²) in [6, 6.07) is 13.7. The van der Waals surface area contributed by atoms with E-state index in [2.05, 4.69) is 10.3 Å². The van der Waals surface area contributed by atoms with Crippen LogP contribution in [0.3, 0.4) is 0 Å². The van der Waals surface area contributed by atoms with Crippen LogP contribution in [-0.2, 0) is 16.0 Å². The Morgan fingerprint density at radius 2 is 1.88 bits per heavy atom. The monoisotopic (exact) mass is 432 g/mol. The van der Waals surface area contributed by atoms with E-state index in [-0.39, 0.29) is 18.4 Å². The minimum atomic E-state index is -0.707. The summed E-state index contributed by atoms with van der Waals surface area (Å²) in [4.78, 5) is 44.8. The quantitative estimate of drug-likeness (QED) is 0.664. The highest BCUT2D eigenvalue weighted by molar-refractivity contribution is 5.98. The van der Waals surface area contributed by atoms with Crippen LogP contribution in [0.15, 0.2) is 54.7 Å². The number of carbonyl (C=O) groups is 3. The molecule has 0 aliphatic carbocycles. The van der Waals surface area contributed by atoms with Crippen molar-refractivity contribution in [2.24, 2.45) is 0 Å². The molecule has 1 aromatic heterocycles. The van der Waals surface area contributed by atoms with Gasteiger partial charge in [0.2, 0.25) is 11.8 Å². The van der Waals surface area contributed by atoms with Crippen molar-refractivity contribution in [3.8, 4) is 5.75 Å². The molecule has 2 fully saturated rings. The Balaban J connectivity index is 1.26. The number of nitrogens with one attached hydrogen (secondary N) is 2. The molecule has 0 bridgehead atoms. The summed E-state index contributed by atoms with van der Waals surface area (Å²) in [5.74, 6) is 0.0831. The lowest BCUT2D eigenvalue weighted by atomic mass is 9.98. The van der Waals surface area contributed by atoms with E-state index in [1.807, 2.05) is 49.5 Å². The van der Waals surface area contributed by atoms with E-state index in [0.29, 0.717) is 25.3 Å². The van der Waals surface area contributed by atoms with Crippen molar-refractivity contribution in [3.63, 3.8) is 0 Å². The molecular formula is C24H24N4O4. The van der Waals surface area contributed by atoms with Crippen LogP contribution in [0.4, 0.5) is 4.79 Å². The first-order chi connectivity index (χ1) is 15.5. The zero-order valence-corrected chi connectivity index (χ0v) is 17.7. The third kappa shape index (κ3) is 3.68. The second-order valence-electron chi connectivity index (χ2n) is 8.30. The molecule has 8 nitrogen and oxygen atoms in total. The molecule has 3 amide bonds. The maximum absolute atomic E-state index is 13.1. The van der Waals surface area contributed by atoms with Gasteiger partial charge in [0.1, 0.15) is 17.8 Å². The van der Waals surface area contributed by atoms with E-state index in [1.54, 1.807) is 17.0 Å². The number of para-hydroxylation sites is 1. The Morgan fingerprint density at radius 1 is 1.09 bits per heavy atom. The molecule has 0 radical (unpaired) electrons. The van der Waals surface area contributed by atoms with Crippen LogP contribution in [-0.4, -0.2) is 64.4 Å². The topological polar surface area (TPSA) is 94.7 Å². The number of aromatic nitrogens is 1. The van der Waals surface area contributed by atoms with Gasteiger partial charge < -0.3 is 24.8 Å². The lowest BCUT2D eigenvalue weighted by Crippen LogP contribution is -2.70. The fourth-order valence-electron chi connectivity index (χ4n) is 4.40. The molecule has 0 saturated carbocycles. The predicted octanol–water partition coefficient (Wildman–Crippen LogP) is 2.23. The Labute approximate surface area is 185 Å². The molecule has 0 spiro atoms. The zero-order valence-electron chi connectivity index (χ0n) is 17.7. The molecular weight excluding hydrogens is 408 g/mol. The van der Waals surface area contributed by atoms with E-state index < -0.39 is 18.2 Å². The van der Waals surface area contributed by atoms with Gasteiger partial charge in [-0.25, -0.2) is 4.79 Å². The summed E-state index contributed by atoms with van der Waals surface area (Å²) in [6.45, 7) is 2.68. The average molecular weight is 432 g/mol. The lowest BCUT2D eigenvalue weighted by molar-refractivity contribution is -0.152. The molecule has 2 atom stereocenters. The van der Waals surface area contributed by atoms with Gasteiger partial charge in [0.25, 0.3) is 0 Å². The second-order valence-corrected chi connectivity index (χ2v) is 8.30. The maximum Gasteiger partial charge on any atom is 0.415 e. The minimum Gasteiger partial charge on any atom is -0.410 e. The molecule has 2 aromatic carbocycles. The van der Waals surface area contributed by atoms with E-state index in [0.717, 1.165) is 22.0 Å². The summed E-state index contributed by atoms with van der Waals surface area (Å²) in [5, 5.41) is 3.90. The van der Waals surface area contributed by atoms with E-state index in [4.69, 9.17) is 4.74 Å². The summed E-state index contributed by atoms with van der Waals surface area (Å²) in [5.41, 5.74) is 3.05. The highest BCUT2D eigenvalue weighted by Crippen LogP contribution is 2.23. The number of nitrogens with zero attached hydrogens (tertiary/aromatic N) is 2. The van der Waals surface area contributed by atoms with Crippen LogP contribution in [0.5, 0.6) is 5.75 Å². The van der Waals surface area contributed by atoms with Crippen LogP contribution in [0.1, 0.15) is 11.1 Å². The van der Waals surface area contributed by atoms with Gasteiger partial charge in [-0.1, -0.05) is 35.9 Å². The molecule has 2 aliphatic rings. The van der Waals surface area contributed by atoms with Gasteiger partial charge in [0.05, 0.1) is 6.54 Å². The molecule has 2 N–H and O–H groups in total. The predicted molar refractivity (Wildman–Crippen MR) is 118 cm³/mol. The number of piperazine rings is 2. The average Bonchev–Trinajstić information content (AvgIpc) is 3.21. The molecule has 3 aromatic rings. The number of amides is 3. The summed E-state index contributed by atoms with van der Waals surface area (Å²) < 4.78 is 5.43. The molecule has 2 saturated heterocycles. The Hall–Kier alpha value is -3.81. The Bertz CT molecular complexity index is 1190. The fourth-order valence-corrected chi connectivity index (χ4v) is 4.40. The number of H-pyrrole nitrogens is 1.